The van der Waals surface area contributed by atoms with Crippen molar-refractivity contribution in [2.45, 2.75) is 26.3 Å². The third-order valence-electron chi connectivity index (χ3n) is 4.51. The van der Waals surface area contributed by atoms with Gasteiger partial charge in [0, 0.05) is 13.1 Å². The van der Waals surface area contributed by atoms with Gasteiger partial charge in [0.25, 0.3) is 0 Å². The van der Waals surface area contributed by atoms with Gasteiger partial charge in [-0.2, -0.15) is 0 Å². The van der Waals surface area contributed by atoms with Gasteiger partial charge in [0.2, 0.25) is 5.91 Å². The molecule has 0 aliphatic heterocycles. The molecule has 1 aromatic heterocycles. The zero-order chi connectivity index (χ0) is 19.1. The van der Waals surface area contributed by atoms with Crippen LogP contribution in [0.25, 0.3) is 5.69 Å². The molecule has 0 unspecified atom stereocenters. The van der Waals surface area contributed by atoms with Gasteiger partial charge in [-0.25, -0.2) is 4.68 Å². The Balaban J connectivity index is 1.74. The second-order valence-electron chi connectivity index (χ2n) is 6.49. The summed E-state index contributed by atoms with van der Waals surface area (Å²) >= 11 is 0. The lowest BCUT2D eigenvalue weighted by Crippen LogP contribution is -2.34. The summed E-state index contributed by atoms with van der Waals surface area (Å²) in [5.41, 5.74) is 9.28. The number of para-hydroxylation sites is 1. The van der Waals surface area contributed by atoms with Crippen LogP contribution in [0.4, 0.5) is 0 Å². The van der Waals surface area contributed by atoms with Crippen molar-refractivity contribution in [2.24, 2.45) is 5.73 Å². The number of nitrogens with two attached hydrogens (primary N) is 1. The molecule has 6 heteroatoms. The minimum absolute atomic E-state index is 0.0375. The van der Waals surface area contributed by atoms with Crippen molar-refractivity contribution >= 4 is 5.91 Å². The maximum atomic E-state index is 12.9. The highest BCUT2D eigenvalue weighted by molar-refractivity contribution is 5.78. The molecular weight excluding hydrogens is 338 g/mol. The van der Waals surface area contributed by atoms with E-state index in [4.69, 9.17) is 5.73 Å². The molecule has 0 aliphatic carbocycles. The third kappa shape index (κ3) is 4.80. The number of rotatable bonds is 8. The molecule has 1 heterocycles. The van der Waals surface area contributed by atoms with Crippen molar-refractivity contribution in [3.8, 4) is 5.69 Å². The van der Waals surface area contributed by atoms with Gasteiger partial charge >= 0.3 is 0 Å². The quantitative estimate of drug-likeness (QED) is 0.667. The first-order valence-electron chi connectivity index (χ1n) is 9.17. The van der Waals surface area contributed by atoms with Crippen molar-refractivity contribution in [3.05, 3.63) is 77.6 Å². The molecule has 6 nitrogen and oxygen atoms in total. The fraction of sp³-hybridized carbons (Fsp3) is 0.286. The number of nitrogens with zero attached hydrogens (tertiary/aromatic N) is 4. The van der Waals surface area contributed by atoms with Gasteiger partial charge in [-0.15, -0.1) is 5.10 Å². The van der Waals surface area contributed by atoms with Crippen LogP contribution in [0.1, 0.15) is 23.4 Å². The van der Waals surface area contributed by atoms with Crippen LogP contribution in [-0.2, 0) is 17.8 Å². The molecule has 0 fully saturated rings. The van der Waals surface area contributed by atoms with E-state index >= 15 is 0 Å². The van der Waals surface area contributed by atoms with E-state index in [-0.39, 0.29) is 12.3 Å². The zero-order valence-corrected chi connectivity index (χ0v) is 15.6. The van der Waals surface area contributed by atoms with Crippen LogP contribution in [-0.4, -0.2) is 38.9 Å². The van der Waals surface area contributed by atoms with Crippen LogP contribution in [0, 0.1) is 6.92 Å². The van der Waals surface area contributed by atoms with E-state index in [9.17, 15) is 4.79 Å². The fourth-order valence-electron chi connectivity index (χ4n) is 2.97. The average molecular weight is 363 g/mol. The van der Waals surface area contributed by atoms with Gasteiger partial charge in [0.05, 0.1) is 23.5 Å². The molecule has 1 amide bonds. The summed E-state index contributed by atoms with van der Waals surface area (Å²) in [6.07, 6.45) is 1.00. The van der Waals surface area contributed by atoms with Gasteiger partial charge in [-0.05, 0) is 37.6 Å². The Kier molecular flexibility index (Phi) is 6.33. The summed E-state index contributed by atoms with van der Waals surface area (Å²) in [6.45, 7) is 3.71. The van der Waals surface area contributed by atoms with Crippen LogP contribution in [0.3, 0.4) is 0 Å². The van der Waals surface area contributed by atoms with E-state index in [1.165, 1.54) is 0 Å². The highest BCUT2D eigenvalue weighted by atomic mass is 16.2. The smallest absolute Gasteiger partial charge is 0.229 e. The molecular formula is C21H25N5O. The summed E-state index contributed by atoms with van der Waals surface area (Å²) < 4.78 is 1.77. The van der Waals surface area contributed by atoms with Crippen LogP contribution in [0.2, 0.25) is 0 Å². The molecule has 140 valence electrons. The van der Waals surface area contributed by atoms with Crippen molar-refractivity contribution < 1.29 is 4.79 Å². The average Bonchev–Trinajstić information content (AvgIpc) is 3.07. The third-order valence-corrected chi connectivity index (χ3v) is 4.51. The van der Waals surface area contributed by atoms with Gasteiger partial charge in [0.1, 0.15) is 0 Å². The monoisotopic (exact) mass is 363 g/mol. The van der Waals surface area contributed by atoms with Gasteiger partial charge in [-0.1, -0.05) is 53.7 Å². The first kappa shape index (κ1) is 18.8. The molecule has 2 N–H and O–H groups in total. The Hall–Kier alpha value is -2.99. The maximum Gasteiger partial charge on any atom is 0.229 e. The summed E-state index contributed by atoms with van der Waals surface area (Å²) in [4.78, 5) is 14.8. The fourth-order valence-corrected chi connectivity index (χ4v) is 2.97. The summed E-state index contributed by atoms with van der Waals surface area (Å²) in [7, 11) is 0. The lowest BCUT2D eigenvalue weighted by atomic mass is 10.1. The normalized spacial score (nSPS) is 10.7. The molecule has 0 saturated carbocycles. The van der Waals surface area contributed by atoms with E-state index in [0.717, 1.165) is 23.4 Å². The van der Waals surface area contributed by atoms with Gasteiger partial charge in [0.15, 0.2) is 0 Å². The van der Waals surface area contributed by atoms with E-state index in [2.05, 4.69) is 10.3 Å². The molecule has 0 spiro atoms. The molecule has 3 rings (SSSR count). The Morgan fingerprint density at radius 3 is 2.41 bits per heavy atom. The van der Waals surface area contributed by atoms with Crippen molar-refractivity contribution in [2.75, 3.05) is 13.1 Å². The number of hydrogen-bond donors (Lipinski definition) is 1. The highest BCUT2D eigenvalue weighted by Crippen LogP contribution is 2.14. The second kappa shape index (κ2) is 9.09. The van der Waals surface area contributed by atoms with Crippen LogP contribution < -0.4 is 5.73 Å². The SMILES string of the molecule is Cc1c(CC(=O)N(CCCN)Cc2ccccc2)nnn1-c1ccccc1. The van der Waals surface area contributed by atoms with Crippen molar-refractivity contribution in [1.29, 1.82) is 0 Å². The first-order chi connectivity index (χ1) is 13.2. The number of carbonyl (C=O) groups is 1. The van der Waals surface area contributed by atoms with E-state index in [1.54, 1.807) is 4.68 Å². The molecule has 0 saturated heterocycles. The van der Waals surface area contributed by atoms with Gasteiger partial charge in [-0.3, -0.25) is 4.79 Å². The molecule has 2 aromatic carbocycles. The lowest BCUT2D eigenvalue weighted by Gasteiger charge is -2.22. The highest BCUT2D eigenvalue weighted by Gasteiger charge is 2.19. The predicted octanol–water partition coefficient (Wildman–Crippen LogP) is 2.50. The second-order valence-corrected chi connectivity index (χ2v) is 6.49. The van der Waals surface area contributed by atoms with E-state index < -0.39 is 0 Å². The molecule has 0 aliphatic rings. The van der Waals surface area contributed by atoms with E-state index in [1.807, 2.05) is 72.5 Å². The molecule has 0 bridgehead atoms. The summed E-state index contributed by atoms with van der Waals surface area (Å²) in [5.74, 6) is 0.0375. The largest absolute Gasteiger partial charge is 0.338 e. The maximum absolute atomic E-state index is 12.9. The van der Waals surface area contributed by atoms with Crippen LogP contribution in [0.15, 0.2) is 60.7 Å². The first-order valence-corrected chi connectivity index (χ1v) is 9.17. The Morgan fingerprint density at radius 2 is 1.74 bits per heavy atom. The van der Waals surface area contributed by atoms with Crippen molar-refractivity contribution in [1.82, 2.24) is 19.9 Å². The Bertz CT molecular complexity index is 861. The molecule has 0 radical (unpaired) electrons. The summed E-state index contributed by atoms with van der Waals surface area (Å²) in [6, 6.07) is 19.8. The molecule has 3 aromatic rings. The Morgan fingerprint density at radius 1 is 1.07 bits per heavy atom. The minimum atomic E-state index is 0.0375. The number of carbonyl (C=O) groups excluding carboxylic acids is 1. The number of hydrogen-bond acceptors (Lipinski definition) is 4. The zero-order valence-electron chi connectivity index (χ0n) is 15.6. The lowest BCUT2D eigenvalue weighted by molar-refractivity contribution is -0.131. The van der Waals surface area contributed by atoms with Crippen molar-refractivity contribution in [3.63, 3.8) is 0 Å². The number of aromatic nitrogens is 3. The standard InChI is InChI=1S/C21H25N5O/c1-17-20(23-24-26(17)19-11-6-3-7-12-19)15-21(27)25(14-8-13-22)16-18-9-4-2-5-10-18/h2-7,9-12H,8,13-16,22H2,1H3. The van der Waals surface area contributed by atoms with Gasteiger partial charge < -0.3 is 10.6 Å². The molecule has 0 atom stereocenters. The number of benzene rings is 2. The Labute approximate surface area is 159 Å². The predicted molar refractivity (Wildman–Crippen MR) is 105 cm³/mol. The van der Waals surface area contributed by atoms with Crippen LogP contribution >= 0.6 is 0 Å². The topological polar surface area (TPSA) is 77.0 Å². The van der Waals surface area contributed by atoms with Crippen LogP contribution in [0.5, 0.6) is 0 Å². The minimum Gasteiger partial charge on any atom is -0.338 e. The van der Waals surface area contributed by atoms with E-state index in [0.29, 0.717) is 25.3 Å². The summed E-state index contributed by atoms with van der Waals surface area (Å²) in [5, 5.41) is 8.46. The number of amides is 1. The molecule has 27 heavy (non-hydrogen) atoms.